The van der Waals surface area contributed by atoms with Gasteiger partial charge < -0.3 is 4.74 Å². The maximum absolute atomic E-state index is 11.6. The molecule has 1 aromatic carbocycles. The van der Waals surface area contributed by atoms with E-state index >= 15 is 0 Å². The minimum absolute atomic E-state index is 0.126. The van der Waals surface area contributed by atoms with Gasteiger partial charge in [0, 0.05) is 0 Å². The predicted molar refractivity (Wildman–Crippen MR) is 65.6 cm³/mol. The Morgan fingerprint density at radius 2 is 1.88 bits per heavy atom. The van der Waals surface area contributed by atoms with Crippen LogP contribution in [0.3, 0.4) is 0 Å². The minimum atomic E-state index is -0.629. The second-order valence-corrected chi connectivity index (χ2v) is 3.94. The van der Waals surface area contributed by atoms with E-state index in [0.717, 1.165) is 5.56 Å². The molecule has 1 rings (SSSR count). The monoisotopic (exact) mass is 234 g/mol. The van der Waals surface area contributed by atoms with Crippen molar-refractivity contribution in [3.8, 4) is 0 Å². The zero-order valence-corrected chi connectivity index (χ0v) is 10.3. The van der Waals surface area contributed by atoms with Crippen molar-refractivity contribution >= 4 is 11.8 Å². The molecule has 3 nitrogen and oxygen atoms in total. The Kier molecular flexibility index (Phi) is 5.40. The van der Waals surface area contributed by atoms with Crippen LogP contribution in [0.2, 0.25) is 0 Å². The Morgan fingerprint density at radius 1 is 1.24 bits per heavy atom. The molecular weight excluding hydrogens is 216 g/mol. The Balaban J connectivity index is 2.56. The van der Waals surface area contributed by atoms with Gasteiger partial charge in [-0.2, -0.15) is 0 Å². The summed E-state index contributed by atoms with van der Waals surface area (Å²) in [5.74, 6) is -1.16. The van der Waals surface area contributed by atoms with Crippen LogP contribution in [-0.2, 0) is 20.7 Å². The molecule has 0 heterocycles. The summed E-state index contributed by atoms with van der Waals surface area (Å²) in [6.07, 6.45) is 1.22. The fraction of sp³-hybridized carbons (Fsp3) is 0.429. The molecular formula is C14H18O3. The second kappa shape index (κ2) is 6.84. The summed E-state index contributed by atoms with van der Waals surface area (Å²) in [5, 5.41) is 0. The number of hydrogen-bond acceptors (Lipinski definition) is 3. The highest BCUT2D eigenvalue weighted by molar-refractivity contribution is 5.97. The number of ketones is 1. The molecule has 1 atom stereocenters. The van der Waals surface area contributed by atoms with Gasteiger partial charge in [0.15, 0.2) is 0 Å². The molecule has 0 saturated heterocycles. The van der Waals surface area contributed by atoms with Gasteiger partial charge in [-0.25, -0.2) is 0 Å². The van der Waals surface area contributed by atoms with E-state index in [1.165, 1.54) is 6.92 Å². The van der Waals surface area contributed by atoms with Gasteiger partial charge in [0.2, 0.25) is 0 Å². The summed E-state index contributed by atoms with van der Waals surface area (Å²) < 4.78 is 4.89. The van der Waals surface area contributed by atoms with Gasteiger partial charge in [-0.1, -0.05) is 30.3 Å². The number of esters is 1. The summed E-state index contributed by atoms with van der Waals surface area (Å²) in [6, 6.07) is 9.81. The maximum atomic E-state index is 11.6. The molecule has 0 N–H and O–H groups in total. The lowest BCUT2D eigenvalue weighted by atomic mass is 9.96. The van der Waals surface area contributed by atoms with Crippen molar-refractivity contribution in [2.45, 2.75) is 26.7 Å². The Hall–Kier alpha value is -1.64. The third kappa shape index (κ3) is 4.39. The quantitative estimate of drug-likeness (QED) is 0.560. The summed E-state index contributed by atoms with van der Waals surface area (Å²) in [7, 11) is 0. The predicted octanol–water partition coefficient (Wildman–Crippen LogP) is 2.39. The lowest BCUT2D eigenvalue weighted by Gasteiger charge is -2.12. The first-order valence-corrected chi connectivity index (χ1v) is 5.86. The lowest BCUT2D eigenvalue weighted by molar-refractivity contribution is -0.151. The van der Waals surface area contributed by atoms with Crippen molar-refractivity contribution < 1.29 is 14.3 Å². The van der Waals surface area contributed by atoms with E-state index in [4.69, 9.17) is 4.74 Å². The van der Waals surface area contributed by atoms with E-state index in [1.54, 1.807) is 6.92 Å². The van der Waals surface area contributed by atoms with Crippen LogP contribution in [0.25, 0.3) is 0 Å². The lowest BCUT2D eigenvalue weighted by Crippen LogP contribution is -2.24. The molecule has 92 valence electrons. The average Bonchev–Trinajstić information content (AvgIpc) is 2.30. The molecule has 0 fully saturated rings. The fourth-order valence-corrected chi connectivity index (χ4v) is 1.69. The fourth-order valence-electron chi connectivity index (χ4n) is 1.69. The van der Waals surface area contributed by atoms with Crippen LogP contribution < -0.4 is 0 Å². The van der Waals surface area contributed by atoms with Crippen LogP contribution in [0, 0.1) is 5.92 Å². The number of carbonyl (C=O) groups excluding carboxylic acids is 2. The molecule has 0 unspecified atom stereocenters. The van der Waals surface area contributed by atoms with E-state index in [0.29, 0.717) is 19.4 Å². The molecule has 0 amide bonds. The number of carbonyl (C=O) groups is 2. The van der Waals surface area contributed by atoms with Crippen molar-refractivity contribution in [3.05, 3.63) is 35.9 Å². The van der Waals surface area contributed by atoms with Crippen molar-refractivity contribution in [1.82, 2.24) is 0 Å². The molecule has 0 aliphatic heterocycles. The maximum Gasteiger partial charge on any atom is 0.316 e. The smallest absolute Gasteiger partial charge is 0.316 e. The molecule has 17 heavy (non-hydrogen) atoms. The molecule has 0 aliphatic rings. The van der Waals surface area contributed by atoms with Crippen LogP contribution in [0.4, 0.5) is 0 Å². The molecule has 0 spiro atoms. The normalized spacial score (nSPS) is 11.9. The number of rotatable bonds is 6. The van der Waals surface area contributed by atoms with Crippen LogP contribution in [0.1, 0.15) is 25.8 Å². The van der Waals surface area contributed by atoms with Crippen molar-refractivity contribution in [2.75, 3.05) is 6.61 Å². The summed E-state index contributed by atoms with van der Waals surface area (Å²) in [6.45, 7) is 3.49. The first kappa shape index (κ1) is 13.4. The van der Waals surface area contributed by atoms with E-state index in [-0.39, 0.29) is 5.78 Å². The molecule has 0 saturated carbocycles. The summed E-state index contributed by atoms with van der Waals surface area (Å²) >= 11 is 0. The number of ether oxygens (including phenoxy) is 1. The van der Waals surface area contributed by atoms with Crippen molar-refractivity contribution in [2.24, 2.45) is 5.92 Å². The molecule has 1 aromatic rings. The molecule has 0 aromatic heterocycles. The van der Waals surface area contributed by atoms with Crippen LogP contribution >= 0.6 is 0 Å². The molecule has 0 radical (unpaired) electrons. The van der Waals surface area contributed by atoms with Gasteiger partial charge in [-0.05, 0) is 32.3 Å². The zero-order valence-electron chi connectivity index (χ0n) is 10.3. The van der Waals surface area contributed by atoms with Gasteiger partial charge in [-0.15, -0.1) is 0 Å². The third-order valence-electron chi connectivity index (χ3n) is 2.63. The summed E-state index contributed by atoms with van der Waals surface area (Å²) in [5.41, 5.74) is 1.13. The number of Topliss-reactive ketones (excluding diaryl/α,β-unsaturated/α-hetero) is 1. The van der Waals surface area contributed by atoms with E-state index in [2.05, 4.69) is 0 Å². The largest absolute Gasteiger partial charge is 0.465 e. The van der Waals surface area contributed by atoms with Crippen molar-refractivity contribution in [1.29, 1.82) is 0 Å². The molecule has 0 aliphatic carbocycles. The van der Waals surface area contributed by atoms with Crippen molar-refractivity contribution in [3.63, 3.8) is 0 Å². The van der Waals surface area contributed by atoms with Gasteiger partial charge in [-0.3, -0.25) is 9.59 Å². The highest BCUT2D eigenvalue weighted by Crippen LogP contribution is 2.12. The Morgan fingerprint density at radius 3 is 2.41 bits per heavy atom. The van der Waals surface area contributed by atoms with E-state index in [9.17, 15) is 9.59 Å². The Bertz CT molecular complexity index is 370. The van der Waals surface area contributed by atoms with Crippen LogP contribution in [0.5, 0.6) is 0 Å². The number of aryl methyl sites for hydroxylation is 1. The van der Waals surface area contributed by atoms with Gasteiger partial charge in [0.05, 0.1) is 6.61 Å². The van der Waals surface area contributed by atoms with Crippen LogP contribution in [-0.4, -0.2) is 18.4 Å². The van der Waals surface area contributed by atoms with E-state index < -0.39 is 11.9 Å². The zero-order chi connectivity index (χ0) is 12.7. The third-order valence-corrected chi connectivity index (χ3v) is 2.63. The average molecular weight is 234 g/mol. The molecule has 3 heteroatoms. The summed E-state index contributed by atoms with van der Waals surface area (Å²) in [4.78, 5) is 22.9. The van der Waals surface area contributed by atoms with Gasteiger partial charge in [0.1, 0.15) is 11.7 Å². The Labute approximate surface area is 102 Å². The first-order valence-electron chi connectivity index (χ1n) is 5.86. The standard InChI is InChI=1S/C14H18O3/c1-3-17-14(16)13(11(2)15)10-9-12-7-5-4-6-8-12/h4-8,13H,3,9-10H2,1-2H3/t13-/m1/s1. The van der Waals surface area contributed by atoms with Gasteiger partial charge in [0.25, 0.3) is 0 Å². The van der Waals surface area contributed by atoms with Crippen LogP contribution in [0.15, 0.2) is 30.3 Å². The second-order valence-electron chi connectivity index (χ2n) is 3.94. The highest BCUT2D eigenvalue weighted by atomic mass is 16.5. The first-order chi connectivity index (χ1) is 8.15. The van der Waals surface area contributed by atoms with Gasteiger partial charge >= 0.3 is 5.97 Å². The number of benzene rings is 1. The SMILES string of the molecule is CCOC(=O)[C@H](CCc1ccccc1)C(C)=O. The topological polar surface area (TPSA) is 43.4 Å². The minimum Gasteiger partial charge on any atom is -0.465 e. The van der Waals surface area contributed by atoms with E-state index in [1.807, 2.05) is 30.3 Å². The number of hydrogen-bond donors (Lipinski definition) is 0. The molecule has 0 bridgehead atoms. The highest BCUT2D eigenvalue weighted by Gasteiger charge is 2.24.